The van der Waals surface area contributed by atoms with Gasteiger partial charge in [-0.05, 0) is 28.4 Å². The summed E-state index contributed by atoms with van der Waals surface area (Å²) in [5.41, 5.74) is 0. The van der Waals surface area contributed by atoms with Crippen molar-refractivity contribution in [2.24, 2.45) is 0 Å². The maximum atomic E-state index is 5.76. The smallest absolute Gasteiger partial charge is 0.140 e. The van der Waals surface area contributed by atoms with Crippen LogP contribution in [0.4, 0.5) is 5.82 Å². The highest BCUT2D eigenvalue weighted by atomic mass is 79.9. The van der Waals surface area contributed by atoms with Crippen molar-refractivity contribution in [3.05, 3.63) is 21.8 Å². The van der Waals surface area contributed by atoms with E-state index in [0.29, 0.717) is 5.02 Å². The Bertz CT molecular complexity index is 296. The highest BCUT2D eigenvalue weighted by Gasteiger charge is 2.00. The molecule has 5 heteroatoms. The summed E-state index contributed by atoms with van der Waals surface area (Å²) in [4.78, 5) is 4.14. The second-order valence-electron chi connectivity index (χ2n) is 2.76. The minimum absolute atomic E-state index is 0.624. The summed E-state index contributed by atoms with van der Waals surface area (Å²) in [6.45, 7) is 1.58. The minimum atomic E-state index is 0.624. The number of halogens is 2. The lowest BCUT2D eigenvalue weighted by atomic mass is 10.4. The molecule has 0 amide bonds. The molecule has 14 heavy (non-hydrogen) atoms. The largest absolute Gasteiger partial charge is 0.385 e. The quantitative estimate of drug-likeness (QED) is 0.842. The molecule has 0 radical (unpaired) electrons. The van der Waals surface area contributed by atoms with Crippen LogP contribution < -0.4 is 5.32 Å². The number of hydrogen-bond donors (Lipinski definition) is 1. The van der Waals surface area contributed by atoms with E-state index in [1.165, 1.54) is 0 Å². The number of anilines is 1. The second-order valence-corrected chi connectivity index (χ2v) is 4.05. The van der Waals surface area contributed by atoms with Gasteiger partial charge in [0.2, 0.25) is 0 Å². The molecular formula is C9H12BrClN2O. The number of hydrogen-bond acceptors (Lipinski definition) is 3. The molecule has 0 bridgehead atoms. The Morgan fingerprint density at radius 1 is 1.64 bits per heavy atom. The van der Waals surface area contributed by atoms with Gasteiger partial charge < -0.3 is 10.1 Å². The van der Waals surface area contributed by atoms with Crippen molar-refractivity contribution in [2.45, 2.75) is 6.42 Å². The van der Waals surface area contributed by atoms with Gasteiger partial charge in [-0.25, -0.2) is 4.98 Å². The van der Waals surface area contributed by atoms with Gasteiger partial charge in [-0.15, -0.1) is 0 Å². The van der Waals surface area contributed by atoms with E-state index < -0.39 is 0 Å². The first-order valence-corrected chi connectivity index (χ1v) is 5.45. The zero-order chi connectivity index (χ0) is 10.4. The lowest BCUT2D eigenvalue weighted by molar-refractivity contribution is 0.197. The van der Waals surface area contributed by atoms with Crippen molar-refractivity contribution < 1.29 is 4.74 Å². The van der Waals surface area contributed by atoms with E-state index in [9.17, 15) is 0 Å². The molecule has 1 heterocycles. The standard InChI is InChI=1S/C9H12BrClN2O/c1-14-4-2-3-12-9-8(10)5-7(11)6-13-9/h5-6H,2-4H2,1H3,(H,12,13). The van der Waals surface area contributed by atoms with Crippen LogP contribution in [0.2, 0.25) is 5.02 Å². The molecule has 0 saturated heterocycles. The molecule has 0 aliphatic carbocycles. The third-order valence-electron chi connectivity index (χ3n) is 1.63. The fraction of sp³-hybridized carbons (Fsp3) is 0.444. The maximum absolute atomic E-state index is 5.76. The monoisotopic (exact) mass is 278 g/mol. The molecule has 3 nitrogen and oxygen atoms in total. The predicted molar refractivity (Wildman–Crippen MR) is 61.9 cm³/mol. The van der Waals surface area contributed by atoms with Crippen LogP contribution in [-0.4, -0.2) is 25.2 Å². The van der Waals surface area contributed by atoms with Gasteiger partial charge in [-0.2, -0.15) is 0 Å². The van der Waals surface area contributed by atoms with Crippen molar-refractivity contribution in [1.29, 1.82) is 0 Å². The first-order chi connectivity index (χ1) is 6.74. The molecule has 1 rings (SSSR count). The Labute approximate surface area is 96.9 Å². The van der Waals surface area contributed by atoms with Gasteiger partial charge in [0, 0.05) is 26.5 Å². The van der Waals surface area contributed by atoms with Gasteiger partial charge in [0.25, 0.3) is 0 Å². The second kappa shape index (κ2) is 6.22. The normalized spacial score (nSPS) is 10.2. The number of ether oxygens (including phenoxy) is 1. The van der Waals surface area contributed by atoms with Crippen LogP contribution in [0.5, 0.6) is 0 Å². The maximum Gasteiger partial charge on any atom is 0.140 e. The van der Waals surface area contributed by atoms with E-state index in [1.54, 1.807) is 13.3 Å². The molecule has 0 aromatic carbocycles. The van der Waals surface area contributed by atoms with Gasteiger partial charge in [-0.1, -0.05) is 11.6 Å². The minimum Gasteiger partial charge on any atom is -0.385 e. The van der Waals surface area contributed by atoms with Crippen LogP contribution in [-0.2, 0) is 4.74 Å². The topological polar surface area (TPSA) is 34.1 Å². The van der Waals surface area contributed by atoms with Crippen molar-refractivity contribution in [3.63, 3.8) is 0 Å². The molecule has 1 aromatic rings. The number of aromatic nitrogens is 1. The van der Waals surface area contributed by atoms with E-state index in [-0.39, 0.29) is 0 Å². The molecule has 0 atom stereocenters. The number of nitrogens with zero attached hydrogens (tertiary/aromatic N) is 1. The van der Waals surface area contributed by atoms with E-state index in [1.807, 2.05) is 6.07 Å². The summed E-state index contributed by atoms with van der Waals surface area (Å²) >= 11 is 9.14. The van der Waals surface area contributed by atoms with Gasteiger partial charge in [0.1, 0.15) is 5.82 Å². The zero-order valence-corrected chi connectivity index (χ0v) is 10.2. The summed E-state index contributed by atoms with van der Waals surface area (Å²) in [5, 5.41) is 3.80. The van der Waals surface area contributed by atoms with Crippen LogP contribution >= 0.6 is 27.5 Å². The van der Waals surface area contributed by atoms with Gasteiger partial charge >= 0.3 is 0 Å². The number of methoxy groups -OCH3 is 1. The lowest BCUT2D eigenvalue weighted by Crippen LogP contribution is -2.06. The fourth-order valence-electron chi connectivity index (χ4n) is 0.968. The number of rotatable bonds is 5. The third kappa shape index (κ3) is 3.82. The Kier molecular flexibility index (Phi) is 5.22. The molecule has 0 aliphatic rings. The Balaban J connectivity index is 2.42. The lowest BCUT2D eigenvalue weighted by Gasteiger charge is -2.06. The summed E-state index contributed by atoms with van der Waals surface area (Å²) in [5.74, 6) is 0.811. The van der Waals surface area contributed by atoms with E-state index >= 15 is 0 Å². The molecule has 1 N–H and O–H groups in total. The highest BCUT2D eigenvalue weighted by Crippen LogP contribution is 2.22. The molecular weight excluding hydrogens is 267 g/mol. The average molecular weight is 280 g/mol. The van der Waals surface area contributed by atoms with E-state index in [0.717, 1.165) is 29.9 Å². The van der Waals surface area contributed by atoms with Crippen LogP contribution in [0.1, 0.15) is 6.42 Å². The summed E-state index contributed by atoms with van der Waals surface area (Å²) in [6, 6.07) is 1.81. The summed E-state index contributed by atoms with van der Waals surface area (Å²) < 4.78 is 5.81. The Hall–Kier alpha value is -0.320. The summed E-state index contributed by atoms with van der Waals surface area (Å²) in [7, 11) is 1.69. The van der Waals surface area contributed by atoms with Gasteiger partial charge in [-0.3, -0.25) is 0 Å². The SMILES string of the molecule is COCCCNc1ncc(Cl)cc1Br. The molecule has 0 aliphatic heterocycles. The average Bonchev–Trinajstić information content (AvgIpc) is 2.15. The van der Waals surface area contributed by atoms with Crippen molar-refractivity contribution in [1.82, 2.24) is 4.98 Å². The van der Waals surface area contributed by atoms with E-state index in [4.69, 9.17) is 16.3 Å². The van der Waals surface area contributed by atoms with E-state index in [2.05, 4.69) is 26.2 Å². The van der Waals surface area contributed by atoms with Crippen LogP contribution in [0.3, 0.4) is 0 Å². The molecule has 78 valence electrons. The molecule has 0 fully saturated rings. The summed E-state index contributed by atoms with van der Waals surface area (Å²) in [6.07, 6.45) is 2.57. The fourth-order valence-corrected chi connectivity index (χ4v) is 1.75. The van der Waals surface area contributed by atoms with Gasteiger partial charge in [0.05, 0.1) is 9.50 Å². The van der Waals surface area contributed by atoms with Crippen LogP contribution in [0.15, 0.2) is 16.7 Å². The van der Waals surface area contributed by atoms with Crippen molar-refractivity contribution in [2.75, 3.05) is 25.6 Å². The number of nitrogens with one attached hydrogen (secondary N) is 1. The molecule has 0 unspecified atom stereocenters. The highest BCUT2D eigenvalue weighted by molar-refractivity contribution is 9.10. The molecule has 1 aromatic heterocycles. The van der Waals surface area contributed by atoms with Crippen LogP contribution in [0, 0.1) is 0 Å². The first kappa shape index (κ1) is 11.8. The number of pyridine rings is 1. The predicted octanol–water partition coefficient (Wildman–Crippen LogP) is 2.95. The van der Waals surface area contributed by atoms with Crippen molar-refractivity contribution >= 4 is 33.3 Å². The Morgan fingerprint density at radius 3 is 3.07 bits per heavy atom. The first-order valence-electron chi connectivity index (χ1n) is 4.28. The van der Waals surface area contributed by atoms with Gasteiger partial charge in [0.15, 0.2) is 0 Å². The Morgan fingerprint density at radius 2 is 2.43 bits per heavy atom. The zero-order valence-electron chi connectivity index (χ0n) is 7.89. The third-order valence-corrected chi connectivity index (χ3v) is 2.44. The van der Waals surface area contributed by atoms with Crippen LogP contribution in [0.25, 0.3) is 0 Å². The molecule has 0 saturated carbocycles. The van der Waals surface area contributed by atoms with Crippen molar-refractivity contribution in [3.8, 4) is 0 Å². The molecule has 0 spiro atoms.